The summed E-state index contributed by atoms with van der Waals surface area (Å²) in [6, 6.07) is 3.21. The molecule has 1 N–H and O–H groups in total. The van der Waals surface area contributed by atoms with Gasteiger partial charge in [0.2, 0.25) is 0 Å². The van der Waals surface area contributed by atoms with Crippen molar-refractivity contribution in [3.05, 3.63) is 35.7 Å². The van der Waals surface area contributed by atoms with Gasteiger partial charge in [0.1, 0.15) is 11.6 Å². The molecule has 0 saturated carbocycles. The number of halogens is 2. The molecule has 0 bridgehead atoms. The van der Waals surface area contributed by atoms with Crippen LogP contribution in [0.15, 0.2) is 22.7 Å². The van der Waals surface area contributed by atoms with E-state index in [2.05, 4.69) is 15.5 Å². The molecule has 0 atom stereocenters. The molecule has 0 radical (unpaired) electrons. The van der Waals surface area contributed by atoms with Gasteiger partial charge in [0.15, 0.2) is 5.82 Å². The fourth-order valence-electron chi connectivity index (χ4n) is 1.36. The summed E-state index contributed by atoms with van der Waals surface area (Å²) in [6.07, 6.45) is 0.586. The molecule has 0 amide bonds. The van der Waals surface area contributed by atoms with Gasteiger partial charge in [0.25, 0.3) is 5.89 Å². The van der Waals surface area contributed by atoms with Gasteiger partial charge < -0.3 is 9.84 Å². The Bertz CT molecular complexity index is 513. The second-order valence-electron chi connectivity index (χ2n) is 3.49. The summed E-state index contributed by atoms with van der Waals surface area (Å²) in [5, 5.41) is 6.65. The van der Waals surface area contributed by atoms with Gasteiger partial charge in [-0.25, -0.2) is 8.78 Å². The van der Waals surface area contributed by atoms with E-state index in [0.29, 0.717) is 18.8 Å². The molecule has 2 rings (SSSR count). The maximum absolute atomic E-state index is 13.4. The van der Waals surface area contributed by atoms with E-state index in [-0.39, 0.29) is 11.5 Å². The van der Waals surface area contributed by atoms with Crippen LogP contribution in [-0.4, -0.2) is 23.7 Å². The summed E-state index contributed by atoms with van der Waals surface area (Å²) in [5.74, 6) is -0.804. The topological polar surface area (TPSA) is 51.0 Å². The van der Waals surface area contributed by atoms with E-state index in [0.717, 1.165) is 12.1 Å². The van der Waals surface area contributed by atoms with Crippen LogP contribution in [0.5, 0.6) is 0 Å². The molecule has 1 aromatic carbocycles. The highest BCUT2D eigenvalue weighted by Crippen LogP contribution is 2.21. The molecule has 6 heteroatoms. The first-order chi connectivity index (χ1) is 8.20. The van der Waals surface area contributed by atoms with E-state index in [1.807, 2.05) is 0 Å². The number of hydrogen-bond donors (Lipinski definition) is 1. The lowest BCUT2D eigenvalue weighted by atomic mass is 10.2. The highest BCUT2D eigenvalue weighted by atomic mass is 19.1. The van der Waals surface area contributed by atoms with Crippen molar-refractivity contribution >= 4 is 0 Å². The van der Waals surface area contributed by atoms with Gasteiger partial charge in [-0.1, -0.05) is 5.16 Å². The van der Waals surface area contributed by atoms with Crippen molar-refractivity contribution in [2.45, 2.75) is 6.42 Å². The Labute approximate surface area is 96.6 Å². The van der Waals surface area contributed by atoms with Crippen molar-refractivity contribution in [1.29, 1.82) is 0 Å². The minimum absolute atomic E-state index is 0.0635. The standard InChI is InChI=1S/C11H11F2N3O/c1-14-5-4-10-15-11(17-16-10)8-3-2-7(12)6-9(8)13/h2-3,6,14H,4-5H2,1H3. The summed E-state index contributed by atoms with van der Waals surface area (Å²) in [5.41, 5.74) is 0.106. The Morgan fingerprint density at radius 3 is 2.88 bits per heavy atom. The largest absolute Gasteiger partial charge is 0.334 e. The van der Waals surface area contributed by atoms with Crippen LogP contribution in [0, 0.1) is 11.6 Å². The molecular formula is C11H11F2N3O. The lowest BCUT2D eigenvalue weighted by molar-refractivity contribution is 0.419. The van der Waals surface area contributed by atoms with Crippen LogP contribution in [0.25, 0.3) is 11.5 Å². The van der Waals surface area contributed by atoms with E-state index in [9.17, 15) is 8.78 Å². The quantitative estimate of drug-likeness (QED) is 0.883. The van der Waals surface area contributed by atoms with Crippen LogP contribution in [0.4, 0.5) is 8.78 Å². The average Bonchev–Trinajstić information content (AvgIpc) is 2.75. The Balaban J connectivity index is 2.24. The SMILES string of the molecule is CNCCc1noc(-c2ccc(F)cc2F)n1. The van der Waals surface area contributed by atoms with Crippen LogP contribution in [0.1, 0.15) is 5.82 Å². The normalized spacial score (nSPS) is 10.8. The van der Waals surface area contributed by atoms with E-state index in [1.165, 1.54) is 6.07 Å². The molecule has 17 heavy (non-hydrogen) atoms. The van der Waals surface area contributed by atoms with E-state index >= 15 is 0 Å². The van der Waals surface area contributed by atoms with Gasteiger partial charge in [-0.2, -0.15) is 4.98 Å². The summed E-state index contributed by atoms with van der Waals surface area (Å²) in [7, 11) is 1.81. The van der Waals surface area contributed by atoms with Crippen molar-refractivity contribution in [3.8, 4) is 11.5 Å². The van der Waals surface area contributed by atoms with Crippen molar-refractivity contribution in [2.24, 2.45) is 0 Å². The molecule has 0 saturated heterocycles. The Morgan fingerprint density at radius 1 is 1.35 bits per heavy atom. The molecule has 0 unspecified atom stereocenters. The zero-order valence-corrected chi connectivity index (χ0v) is 9.20. The van der Waals surface area contributed by atoms with Crippen molar-refractivity contribution in [1.82, 2.24) is 15.5 Å². The smallest absolute Gasteiger partial charge is 0.260 e. The zero-order chi connectivity index (χ0) is 12.3. The molecule has 0 aliphatic rings. The molecule has 0 spiro atoms. The molecule has 90 valence electrons. The maximum Gasteiger partial charge on any atom is 0.260 e. The predicted octanol–water partition coefficient (Wildman–Crippen LogP) is 1.78. The van der Waals surface area contributed by atoms with Gasteiger partial charge in [0.05, 0.1) is 5.56 Å². The Morgan fingerprint density at radius 2 is 2.18 bits per heavy atom. The van der Waals surface area contributed by atoms with Gasteiger partial charge in [-0.15, -0.1) is 0 Å². The van der Waals surface area contributed by atoms with Crippen LogP contribution >= 0.6 is 0 Å². The van der Waals surface area contributed by atoms with Crippen molar-refractivity contribution < 1.29 is 13.3 Å². The first-order valence-corrected chi connectivity index (χ1v) is 5.13. The van der Waals surface area contributed by atoms with Crippen molar-refractivity contribution in [2.75, 3.05) is 13.6 Å². The molecule has 2 aromatic rings. The Hall–Kier alpha value is -1.82. The van der Waals surface area contributed by atoms with Gasteiger partial charge in [-0.3, -0.25) is 0 Å². The molecular weight excluding hydrogens is 228 g/mol. The molecule has 0 aliphatic carbocycles. The summed E-state index contributed by atoms with van der Waals surface area (Å²) in [4.78, 5) is 4.03. The third kappa shape index (κ3) is 2.65. The number of benzene rings is 1. The first kappa shape index (κ1) is 11.7. The Kier molecular flexibility index (Phi) is 3.43. The first-order valence-electron chi connectivity index (χ1n) is 5.13. The predicted molar refractivity (Wildman–Crippen MR) is 57.3 cm³/mol. The number of likely N-dealkylation sites (N-methyl/N-ethyl adjacent to an activating group) is 1. The van der Waals surface area contributed by atoms with E-state index < -0.39 is 11.6 Å². The van der Waals surface area contributed by atoms with E-state index in [1.54, 1.807) is 7.05 Å². The highest BCUT2D eigenvalue weighted by Gasteiger charge is 2.13. The van der Waals surface area contributed by atoms with E-state index in [4.69, 9.17) is 4.52 Å². The van der Waals surface area contributed by atoms with Crippen LogP contribution in [0.2, 0.25) is 0 Å². The second-order valence-corrected chi connectivity index (χ2v) is 3.49. The molecule has 0 aliphatic heterocycles. The molecule has 1 heterocycles. The van der Waals surface area contributed by atoms with Crippen LogP contribution < -0.4 is 5.32 Å². The van der Waals surface area contributed by atoms with Crippen LogP contribution in [-0.2, 0) is 6.42 Å². The minimum atomic E-state index is -0.714. The second kappa shape index (κ2) is 5.01. The molecule has 1 aromatic heterocycles. The number of rotatable bonds is 4. The zero-order valence-electron chi connectivity index (χ0n) is 9.20. The monoisotopic (exact) mass is 239 g/mol. The van der Waals surface area contributed by atoms with Gasteiger partial charge >= 0.3 is 0 Å². The number of nitrogens with zero attached hydrogens (tertiary/aromatic N) is 2. The lowest BCUT2D eigenvalue weighted by Gasteiger charge is -1.96. The van der Waals surface area contributed by atoms with Crippen molar-refractivity contribution in [3.63, 3.8) is 0 Å². The fourth-order valence-corrected chi connectivity index (χ4v) is 1.36. The maximum atomic E-state index is 13.4. The summed E-state index contributed by atoms with van der Waals surface area (Å²) in [6.45, 7) is 0.699. The lowest BCUT2D eigenvalue weighted by Crippen LogP contribution is -2.11. The summed E-state index contributed by atoms with van der Waals surface area (Å²) < 4.78 is 31.1. The van der Waals surface area contributed by atoms with Crippen LogP contribution in [0.3, 0.4) is 0 Å². The minimum Gasteiger partial charge on any atom is -0.334 e. The highest BCUT2D eigenvalue weighted by molar-refractivity contribution is 5.53. The van der Waals surface area contributed by atoms with Gasteiger partial charge in [-0.05, 0) is 19.2 Å². The number of nitrogens with one attached hydrogen (secondary N) is 1. The summed E-state index contributed by atoms with van der Waals surface area (Å²) >= 11 is 0. The molecule has 4 nitrogen and oxygen atoms in total. The molecule has 0 fully saturated rings. The number of hydrogen-bond acceptors (Lipinski definition) is 4. The van der Waals surface area contributed by atoms with Gasteiger partial charge in [0, 0.05) is 19.0 Å². The average molecular weight is 239 g/mol. The fraction of sp³-hybridized carbons (Fsp3) is 0.273. The number of aromatic nitrogens is 2. The third-order valence-corrected chi connectivity index (χ3v) is 2.23. The third-order valence-electron chi connectivity index (χ3n) is 2.23.